The fourth-order valence-corrected chi connectivity index (χ4v) is 2.55. The molecule has 0 saturated heterocycles. The molecule has 0 radical (unpaired) electrons. The molecule has 0 spiro atoms. The number of rotatable bonds is 5. The summed E-state index contributed by atoms with van der Waals surface area (Å²) >= 11 is 0. The Kier molecular flexibility index (Phi) is 4.79. The van der Waals surface area contributed by atoms with E-state index in [-0.39, 0.29) is 12.5 Å². The summed E-state index contributed by atoms with van der Waals surface area (Å²) in [6.45, 7) is 4.10. The standard InChI is InChI=1S/C19H19N3O3/c1-12-8-13(2)10-15(9-12)19(23)20-11-17-21-18(22-25-17)14-4-6-16(24-3)7-5-14/h4-10H,11H2,1-3H3,(H,20,23). The lowest BCUT2D eigenvalue weighted by atomic mass is 10.1. The van der Waals surface area contributed by atoms with Crippen LogP contribution in [0, 0.1) is 13.8 Å². The zero-order valence-corrected chi connectivity index (χ0v) is 14.4. The molecule has 0 unspecified atom stereocenters. The molecule has 0 fully saturated rings. The van der Waals surface area contributed by atoms with Crippen LogP contribution >= 0.6 is 0 Å². The monoisotopic (exact) mass is 337 g/mol. The van der Waals surface area contributed by atoms with Gasteiger partial charge in [-0.25, -0.2) is 0 Å². The number of nitrogens with one attached hydrogen (secondary N) is 1. The van der Waals surface area contributed by atoms with E-state index in [0.29, 0.717) is 17.3 Å². The van der Waals surface area contributed by atoms with Crippen molar-refractivity contribution in [2.75, 3.05) is 7.11 Å². The number of carbonyl (C=O) groups excluding carboxylic acids is 1. The van der Waals surface area contributed by atoms with Crippen molar-refractivity contribution >= 4 is 5.91 Å². The van der Waals surface area contributed by atoms with Crippen LogP contribution in [0.5, 0.6) is 5.75 Å². The first-order valence-corrected chi connectivity index (χ1v) is 7.88. The third kappa shape index (κ3) is 4.03. The van der Waals surface area contributed by atoms with Gasteiger partial charge < -0.3 is 14.6 Å². The number of benzene rings is 2. The molecular formula is C19H19N3O3. The zero-order valence-electron chi connectivity index (χ0n) is 14.4. The zero-order chi connectivity index (χ0) is 17.8. The van der Waals surface area contributed by atoms with Crippen LogP contribution in [0.15, 0.2) is 47.0 Å². The topological polar surface area (TPSA) is 77.3 Å². The number of aromatic nitrogens is 2. The number of amides is 1. The van der Waals surface area contributed by atoms with Crippen LogP contribution in [0.4, 0.5) is 0 Å². The largest absolute Gasteiger partial charge is 0.497 e. The van der Waals surface area contributed by atoms with Crippen molar-refractivity contribution in [3.63, 3.8) is 0 Å². The minimum atomic E-state index is -0.170. The molecule has 3 rings (SSSR count). The number of aryl methyl sites for hydroxylation is 2. The third-order valence-corrected chi connectivity index (χ3v) is 3.70. The lowest BCUT2D eigenvalue weighted by Gasteiger charge is -2.05. The molecule has 0 aliphatic carbocycles. The van der Waals surface area contributed by atoms with Gasteiger partial charge in [-0.15, -0.1) is 0 Å². The molecule has 2 aromatic carbocycles. The second-order valence-corrected chi connectivity index (χ2v) is 5.80. The van der Waals surface area contributed by atoms with Gasteiger partial charge in [-0.3, -0.25) is 4.79 Å². The second kappa shape index (κ2) is 7.17. The summed E-state index contributed by atoms with van der Waals surface area (Å²) in [6, 6.07) is 13.1. The molecule has 1 heterocycles. The van der Waals surface area contributed by atoms with Crippen LogP contribution in [0.3, 0.4) is 0 Å². The predicted molar refractivity (Wildman–Crippen MR) is 93.4 cm³/mol. The normalized spacial score (nSPS) is 10.5. The lowest BCUT2D eigenvalue weighted by molar-refractivity contribution is 0.0946. The minimum absolute atomic E-state index is 0.170. The van der Waals surface area contributed by atoms with E-state index < -0.39 is 0 Å². The molecule has 0 atom stereocenters. The highest BCUT2D eigenvalue weighted by Crippen LogP contribution is 2.19. The van der Waals surface area contributed by atoms with E-state index in [9.17, 15) is 4.79 Å². The van der Waals surface area contributed by atoms with Gasteiger partial charge in [-0.05, 0) is 50.2 Å². The molecule has 6 heteroatoms. The highest BCUT2D eigenvalue weighted by molar-refractivity contribution is 5.94. The molecular weight excluding hydrogens is 318 g/mol. The van der Waals surface area contributed by atoms with Crippen LogP contribution in [-0.4, -0.2) is 23.2 Å². The maximum absolute atomic E-state index is 12.3. The minimum Gasteiger partial charge on any atom is -0.497 e. The van der Waals surface area contributed by atoms with Crippen molar-refractivity contribution < 1.29 is 14.1 Å². The van der Waals surface area contributed by atoms with Gasteiger partial charge in [0.1, 0.15) is 5.75 Å². The molecule has 1 aromatic heterocycles. The van der Waals surface area contributed by atoms with Gasteiger partial charge in [-0.2, -0.15) is 4.98 Å². The maximum atomic E-state index is 12.3. The Morgan fingerprint density at radius 2 is 1.80 bits per heavy atom. The Balaban J connectivity index is 1.65. The van der Waals surface area contributed by atoms with Gasteiger partial charge in [-0.1, -0.05) is 22.3 Å². The third-order valence-electron chi connectivity index (χ3n) is 3.70. The van der Waals surface area contributed by atoms with Gasteiger partial charge >= 0.3 is 0 Å². The highest BCUT2D eigenvalue weighted by atomic mass is 16.5. The Bertz CT molecular complexity index is 865. The molecule has 0 bridgehead atoms. The number of nitrogens with zero attached hydrogens (tertiary/aromatic N) is 2. The first-order chi connectivity index (χ1) is 12.0. The average molecular weight is 337 g/mol. The molecule has 1 amide bonds. The van der Waals surface area contributed by atoms with E-state index in [2.05, 4.69) is 15.5 Å². The predicted octanol–water partition coefficient (Wildman–Crippen LogP) is 3.29. The Morgan fingerprint density at radius 3 is 2.44 bits per heavy atom. The van der Waals surface area contributed by atoms with Crippen molar-refractivity contribution in [3.05, 3.63) is 65.0 Å². The summed E-state index contributed by atoms with van der Waals surface area (Å²) in [6.07, 6.45) is 0. The van der Waals surface area contributed by atoms with E-state index in [4.69, 9.17) is 9.26 Å². The summed E-state index contributed by atoms with van der Waals surface area (Å²) in [7, 11) is 1.61. The molecule has 6 nitrogen and oxygen atoms in total. The van der Waals surface area contributed by atoms with E-state index >= 15 is 0 Å². The molecule has 1 N–H and O–H groups in total. The van der Waals surface area contributed by atoms with Crippen molar-refractivity contribution in [1.82, 2.24) is 15.5 Å². The van der Waals surface area contributed by atoms with Crippen LogP contribution in [0.2, 0.25) is 0 Å². The van der Waals surface area contributed by atoms with Gasteiger partial charge in [0.2, 0.25) is 11.7 Å². The van der Waals surface area contributed by atoms with Gasteiger partial charge in [0.25, 0.3) is 5.91 Å². The van der Waals surface area contributed by atoms with E-state index in [1.807, 2.05) is 56.3 Å². The molecule has 25 heavy (non-hydrogen) atoms. The number of hydrogen-bond donors (Lipinski definition) is 1. The molecule has 128 valence electrons. The van der Waals surface area contributed by atoms with Crippen LogP contribution < -0.4 is 10.1 Å². The second-order valence-electron chi connectivity index (χ2n) is 5.80. The van der Waals surface area contributed by atoms with Crippen molar-refractivity contribution in [1.29, 1.82) is 0 Å². The molecule has 0 aliphatic rings. The van der Waals surface area contributed by atoms with Gasteiger partial charge in [0, 0.05) is 11.1 Å². The summed E-state index contributed by atoms with van der Waals surface area (Å²) < 4.78 is 10.3. The molecule has 3 aromatic rings. The Morgan fingerprint density at radius 1 is 1.12 bits per heavy atom. The summed E-state index contributed by atoms with van der Waals surface area (Å²) in [5.41, 5.74) is 3.53. The average Bonchev–Trinajstić information content (AvgIpc) is 3.08. The fraction of sp³-hybridized carbons (Fsp3) is 0.211. The quantitative estimate of drug-likeness (QED) is 0.773. The van der Waals surface area contributed by atoms with Gasteiger partial charge in [0.15, 0.2) is 0 Å². The smallest absolute Gasteiger partial charge is 0.251 e. The first-order valence-electron chi connectivity index (χ1n) is 7.88. The highest BCUT2D eigenvalue weighted by Gasteiger charge is 2.11. The van der Waals surface area contributed by atoms with Crippen LogP contribution in [0.25, 0.3) is 11.4 Å². The van der Waals surface area contributed by atoms with Crippen molar-refractivity contribution in [3.8, 4) is 17.1 Å². The number of hydrogen-bond acceptors (Lipinski definition) is 5. The lowest BCUT2D eigenvalue weighted by Crippen LogP contribution is -2.23. The van der Waals surface area contributed by atoms with Crippen molar-refractivity contribution in [2.45, 2.75) is 20.4 Å². The first kappa shape index (κ1) is 16.7. The fourth-order valence-electron chi connectivity index (χ4n) is 2.55. The SMILES string of the molecule is COc1ccc(-c2noc(CNC(=O)c3cc(C)cc(C)c3)n2)cc1. The number of carbonyl (C=O) groups is 1. The van der Waals surface area contributed by atoms with Crippen LogP contribution in [0.1, 0.15) is 27.4 Å². The van der Waals surface area contributed by atoms with Crippen LogP contribution in [-0.2, 0) is 6.54 Å². The number of methoxy groups -OCH3 is 1. The van der Waals surface area contributed by atoms with Crippen molar-refractivity contribution in [2.24, 2.45) is 0 Å². The summed E-state index contributed by atoms with van der Waals surface area (Å²) in [5.74, 6) is 1.41. The van der Waals surface area contributed by atoms with E-state index in [0.717, 1.165) is 22.4 Å². The maximum Gasteiger partial charge on any atom is 0.251 e. The van der Waals surface area contributed by atoms with Gasteiger partial charge in [0.05, 0.1) is 13.7 Å². The number of ether oxygens (including phenoxy) is 1. The molecule has 0 saturated carbocycles. The van der Waals surface area contributed by atoms with E-state index in [1.54, 1.807) is 7.11 Å². The Hall–Kier alpha value is -3.15. The summed E-state index contributed by atoms with van der Waals surface area (Å²) in [4.78, 5) is 16.6. The molecule has 0 aliphatic heterocycles. The Labute approximate surface area is 145 Å². The van der Waals surface area contributed by atoms with E-state index in [1.165, 1.54) is 0 Å². The summed E-state index contributed by atoms with van der Waals surface area (Å²) in [5, 5.41) is 6.74.